The van der Waals surface area contributed by atoms with Gasteiger partial charge >= 0.3 is 5.97 Å². The van der Waals surface area contributed by atoms with E-state index < -0.39 is 22.6 Å². The van der Waals surface area contributed by atoms with Gasteiger partial charge in [0.2, 0.25) is 21.7 Å². The van der Waals surface area contributed by atoms with E-state index in [9.17, 15) is 22.8 Å². The molecule has 0 atom stereocenters. The molecule has 11 heteroatoms. The molecule has 0 aliphatic carbocycles. The molecule has 168 valence electrons. The average molecular weight is 485 g/mol. The monoisotopic (exact) mass is 484 g/mol. The van der Waals surface area contributed by atoms with Crippen LogP contribution in [0.15, 0.2) is 41.3 Å². The van der Waals surface area contributed by atoms with Gasteiger partial charge in [0.15, 0.2) is 6.61 Å². The molecule has 0 saturated carbocycles. The Morgan fingerprint density at radius 2 is 1.84 bits per heavy atom. The molecule has 0 saturated heterocycles. The van der Waals surface area contributed by atoms with Crippen LogP contribution in [0.2, 0.25) is 0 Å². The van der Waals surface area contributed by atoms with Crippen molar-refractivity contribution in [3.05, 3.63) is 51.7 Å². The number of ether oxygens (including phenoxy) is 1. The van der Waals surface area contributed by atoms with Crippen molar-refractivity contribution < 1.29 is 27.5 Å². The Morgan fingerprint density at radius 3 is 2.52 bits per heavy atom. The first kappa shape index (κ1) is 25.1. The molecule has 8 nitrogen and oxygen atoms in total. The highest BCUT2D eigenvalue weighted by molar-refractivity contribution is 8.00. The van der Waals surface area contributed by atoms with Crippen LogP contribution in [0.25, 0.3) is 0 Å². The van der Waals surface area contributed by atoms with E-state index in [4.69, 9.17) is 4.74 Å². The number of thiophene rings is 1. The molecule has 0 aliphatic heterocycles. The van der Waals surface area contributed by atoms with Crippen LogP contribution in [0.4, 0.5) is 0 Å². The second-order valence-electron chi connectivity index (χ2n) is 6.75. The number of amides is 1. The molecule has 1 N–H and O–H groups in total. The molecule has 0 spiro atoms. The van der Waals surface area contributed by atoms with Crippen LogP contribution in [0, 0.1) is 0 Å². The number of carbonyl (C=O) groups excluding carboxylic acids is 3. The summed E-state index contributed by atoms with van der Waals surface area (Å²) in [7, 11) is 0.0614. The summed E-state index contributed by atoms with van der Waals surface area (Å²) in [5.41, 5.74) is 0.297. The standard InChI is InChI=1S/C20H24N2O6S3/c1-22(2)19(24)13-29-17-7-5-4-6-15(17)20(25)28-12-16(23)18-9-8-14(30-18)10-11-21-31(3,26)27/h4-9,21H,10-13H2,1-3H3. The Labute approximate surface area is 190 Å². The van der Waals surface area contributed by atoms with Crippen molar-refractivity contribution in [3.63, 3.8) is 0 Å². The maximum absolute atomic E-state index is 12.5. The summed E-state index contributed by atoms with van der Waals surface area (Å²) in [5.74, 6) is -0.873. The Hall–Kier alpha value is -2.21. The summed E-state index contributed by atoms with van der Waals surface area (Å²) in [5, 5.41) is 0. The van der Waals surface area contributed by atoms with Gasteiger partial charge in [-0.3, -0.25) is 9.59 Å². The third kappa shape index (κ3) is 8.44. The maximum Gasteiger partial charge on any atom is 0.339 e. The van der Waals surface area contributed by atoms with Gasteiger partial charge in [0.25, 0.3) is 0 Å². The molecule has 31 heavy (non-hydrogen) atoms. The van der Waals surface area contributed by atoms with E-state index in [1.807, 2.05) is 0 Å². The topological polar surface area (TPSA) is 110 Å². The van der Waals surface area contributed by atoms with Gasteiger partial charge in [-0.25, -0.2) is 17.9 Å². The third-order valence-electron chi connectivity index (χ3n) is 3.96. The first-order valence-corrected chi connectivity index (χ1v) is 12.9. The maximum atomic E-state index is 12.5. The van der Waals surface area contributed by atoms with Gasteiger partial charge in [-0.1, -0.05) is 12.1 Å². The van der Waals surface area contributed by atoms with Crippen LogP contribution >= 0.6 is 23.1 Å². The van der Waals surface area contributed by atoms with Crippen LogP contribution in [-0.4, -0.2) is 70.2 Å². The van der Waals surface area contributed by atoms with E-state index in [1.165, 1.54) is 28.0 Å². The second kappa shape index (κ2) is 11.4. The van der Waals surface area contributed by atoms with E-state index in [0.717, 1.165) is 11.1 Å². The summed E-state index contributed by atoms with van der Waals surface area (Å²) in [6.07, 6.45) is 1.54. The predicted octanol–water partition coefficient (Wildman–Crippen LogP) is 2.06. The molecular formula is C20H24N2O6S3. The summed E-state index contributed by atoms with van der Waals surface area (Å²) in [6, 6.07) is 10.1. The van der Waals surface area contributed by atoms with Gasteiger partial charge in [0.05, 0.1) is 22.4 Å². The number of rotatable bonds is 11. The molecule has 1 aromatic heterocycles. The molecule has 0 unspecified atom stereocenters. The minimum atomic E-state index is -3.26. The number of thioether (sulfide) groups is 1. The number of nitrogens with one attached hydrogen (secondary N) is 1. The molecular weight excluding hydrogens is 460 g/mol. The molecule has 0 fully saturated rings. The largest absolute Gasteiger partial charge is 0.454 e. The average Bonchev–Trinajstić information content (AvgIpc) is 3.18. The highest BCUT2D eigenvalue weighted by Gasteiger charge is 2.17. The van der Waals surface area contributed by atoms with Gasteiger partial charge < -0.3 is 9.64 Å². The first-order chi connectivity index (χ1) is 14.6. The lowest BCUT2D eigenvalue weighted by molar-refractivity contribution is -0.125. The number of Topliss-reactive ketones (excluding diaryl/α,β-unsaturated/α-hetero) is 1. The lowest BCUT2D eigenvalue weighted by Crippen LogP contribution is -2.24. The van der Waals surface area contributed by atoms with Crippen LogP contribution in [0.3, 0.4) is 0 Å². The molecule has 0 radical (unpaired) electrons. The first-order valence-electron chi connectivity index (χ1n) is 9.22. The molecule has 0 bridgehead atoms. The zero-order valence-corrected chi connectivity index (χ0v) is 19.9. The summed E-state index contributed by atoms with van der Waals surface area (Å²) in [6.45, 7) is -0.164. The number of ketones is 1. The number of benzene rings is 1. The van der Waals surface area contributed by atoms with Gasteiger partial charge in [-0.2, -0.15) is 0 Å². The SMILES string of the molecule is CN(C)C(=O)CSc1ccccc1C(=O)OCC(=O)c1ccc(CCNS(C)(=O)=O)s1. The molecule has 2 aromatic rings. The Balaban J connectivity index is 1.91. The van der Waals surface area contributed by atoms with Gasteiger partial charge in [0, 0.05) is 30.4 Å². The summed E-state index contributed by atoms with van der Waals surface area (Å²) in [4.78, 5) is 40.0. The fraction of sp³-hybridized carbons (Fsp3) is 0.350. The second-order valence-corrected chi connectivity index (χ2v) is 10.8. The van der Waals surface area contributed by atoms with Gasteiger partial charge in [0.1, 0.15) is 0 Å². The highest BCUT2D eigenvalue weighted by atomic mass is 32.2. The molecule has 1 heterocycles. The molecule has 1 amide bonds. The predicted molar refractivity (Wildman–Crippen MR) is 121 cm³/mol. The van der Waals surface area contributed by atoms with E-state index in [1.54, 1.807) is 50.5 Å². The molecule has 0 aliphatic rings. The lowest BCUT2D eigenvalue weighted by Gasteiger charge is -2.11. The lowest BCUT2D eigenvalue weighted by atomic mass is 10.2. The van der Waals surface area contributed by atoms with Crippen molar-refractivity contribution in [2.45, 2.75) is 11.3 Å². The number of nitrogens with zero attached hydrogens (tertiary/aromatic N) is 1. The van der Waals surface area contributed by atoms with Crippen LogP contribution in [-0.2, 0) is 26.0 Å². The summed E-state index contributed by atoms with van der Waals surface area (Å²) < 4.78 is 29.8. The van der Waals surface area contributed by atoms with E-state index in [-0.39, 0.29) is 24.0 Å². The Bertz CT molecular complexity index is 1050. The normalized spacial score (nSPS) is 11.2. The van der Waals surface area contributed by atoms with Crippen LogP contribution in [0.5, 0.6) is 0 Å². The minimum Gasteiger partial charge on any atom is -0.454 e. The van der Waals surface area contributed by atoms with Crippen molar-refractivity contribution in [2.75, 3.05) is 39.3 Å². The van der Waals surface area contributed by atoms with Crippen molar-refractivity contribution in [1.82, 2.24) is 9.62 Å². The number of esters is 1. The van der Waals surface area contributed by atoms with Crippen LogP contribution in [0.1, 0.15) is 24.9 Å². The number of hydrogen-bond acceptors (Lipinski definition) is 8. The zero-order valence-electron chi connectivity index (χ0n) is 17.4. The van der Waals surface area contributed by atoms with Gasteiger partial charge in [-0.15, -0.1) is 23.1 Å². The van der Waals surface area contributed by atoms with Gasteiger partial charge in [-0.05, 0) is 30.7 Å². The summed E-state index contributed by atoms with van der Waals surface area (Å²) >= 11 is 2.47. The number of carbonyl (C=O) groups is 3. The van der Waals surface area contributed by atoms with Crippen molar-refractivity contribution in [3.8, 4) is 0 Å². The number of hydrogen-bond donors (Lipinski definition) is 1. The van der Waals surface area contributed by atoms with E-state index in [0.29, 0.717) is 21.8 Å². The van der Waals surface area contributed by atoms with Crippen molar-refractivity contribution in [2.24, 2.45) is 0 Å². The number of sulfonamides is 1. The van der Waals surface area contributed by atoms with Crippen LogP contribution < -0.4 is 4.72 Å². The fourth-order valence-corrected chi connectivity index (χ4v) is 4.75. The molecule has 2 rings (SSSR count). The third-order valence-corrected chi connectivity index (χ3v) is 6.94. The minimum absolute atomic E-state index is 0.0800. The van der Waals surface area contributed by atoms with E-state index >= 15 is 0 Å². The smallest absolute Gasteiger partial charge is 0.339 e. The zero-order chi connectivity index (χ0) is 23.0. The quantitative estimate of drug-likeness (QED) is 0.295. The van der Waals surface area contributed by atoms with Crippen molar-refractivity contribution in [1.29, 1.82) is 0 Å². The Morgan fingerprint density at radius 1 is 1.13 bits per heavy atom. The van der Waals surface area contributed by atoms with Crippen molar-refractivity contribution >= 4 is 50.8 Å². The van der Waals surface area contributed by atoms with E-state index in [2.05, 4.69) is 4.72 Å². The Kier molecular flexibility index (Phi) is 9.23. The molecule has 1 aromatic carbocycles. The highest BCUT2D eigenvalue weighted by Crippen LogP contribution is 2.24. The fourth-order valence-electron chi connectivity index (χ4n) is 2.33.